The number of carboxylic acid groups (broad SMARTS) is 1. The van der Waals surface area contributed by atoms with E-state index in [2.05, 4.69) is 13.8 Å². The molecule has 0 amide bonds. The molecule has 0 aliphatic carbocycles. The molecule has 5 N–H and O–H groups in total. The van der Waals surface area contributed by atoms with Gasteiger partial charge in [0.25, 0.3) is 0 Å². The molecule has 0 rings (SSSR count). The number of Topliss-reactive ketones (excluding diaryl/α,β-unsaturated/α-hetero) is 2. The van der Waals surface area contributed by atoms with Gasteiger partial charge in [0.15, 0.2) is 11.3 Å². The van der Waals surface area contributed by atoms with E-state index in [0.29, 0.717) is 12.8 Å². The minimum atomic E-state index is -2.58. The lowest BCUT2D eigenvalue weighted by Gasteiger charge is -2.31. The van der Waals surface area contributed by atoms with E-state index < -0.39 is 46.2 Å². The Morgan fingerprint density at radius 2 is 0.894 bits per heavy atom. The smallest absolute Gasteiger partial charge is 0.333 e. The van der Waals surface area contributed by atoms with Gasteiger partial charge in [-0.15, -0.1) is 0 Å². The molecule has 0 radical (unpaired) electrons. The van der Waals surface area contributed by atoms with Crippen molar-refractivity contribution in [3.8, 4) is 0 Å². The van der Waals surface area contributed by atoms with E-state index in [-0.39, 0.29) is 24.6 Å². The maximum atomic E-state index is 13.3. The number of hydrogen-bond donors (Lipinski definition) is 4. The van der Waals surface area contributed by atoms with E-state index in [1.54, 1.807) is 0 Å². The number of carbonyl (C=O) groups is 4. The van der Waals surface area contributed by atoms with Gasteiger partial charge in [-0.25, -0.2) is 4.79 Å². The number of nitrogens with two attached hydrogens (primary N) is 1. The van der Waals surface area contributed by atoms with E-state index in [9.17, 15) is 34.5 Å². The van der Waals surface area contributed by atoms with Gasteiger partial charge in [0.05, 0.1) is 6.61 Å². The largest absolute Gasteiger partial charge is 0.479 e. The molecule has 3 atom stereocenters. The maximum absolute atomic E-state index is 13.3. The molecule has 0 spiro atoms. The average molecular weight is 686 g/mol. The number of carbonyl (C=O) groups excluding carboxylic acids is 3. The Morgan fingerprint density at radius 1 is 0.574 bits per heavy atom. The number of aliphatic hydroxyl groups excluding tert-OH is 2. The van der Waals surface area contributed by atoms with Gasteiger partial charge in [-0.2, -0.15) is 0 Å². The number of rotatable bonds is 35. The topological polar surface area (TPSA) is 155 Å². The molecular weight excluding hydrogens is 614 g/mol. The van der Waals surface area contributed by atoms with Gasteiger partial charge >= 0.3 is 5.97 Å². The summed E-state index contributed by atoms with van der Waals surface area (Å²) in [6, 6.07) is 0. The van der Waals surface area contributed by atoms with Crippen molar-refractivity contribution in [1.82, 2.24) is 0 Å². The first-order valence-corrected chi connectivity index (χ1v) is 20.1. The Hall–Kier alpha value is -1.29. The van der Waals surface area contributed by atoms with E-state index in [1.807, 2.05) is 0 Å². The van der Waals surface area contributed by atoms with Crippen molar-refractivity contribution in [3.63, 3.8) is 0 Å². The van der Waals surface area contributed by atoms with Crippen molar-refractivity contribution in [2.24, 2.45) is 5.73 Å². The molecule has 0 aromatic carbocycles. The Kier molecular flexibility index (Phi) is 29.9. The first-order chi connectivity index (χ1) is 22.7. The second-order valence-electron chi connectivity index (χ2n) is 13.6. The lowest BCUT2D eigenvalue weighted by atomic mass is 9.84. The van der Waals surface area contributed by atoms with Crippen LogP contribution in [-0.4, -0.2) is 61.5 Å². The van der Waals surface area contributed by atoms with Crippen molar-refractivity contribution in [1.29, 1.82) is 0 Å². The van der Waals surface area contributed by atoms with Gasteiger partial charge in [-0.05, 0) is 12.8 Å². The zero-order valence-corrected chi connectivity index (χ0v) is 30.9. The maximum Gasteiger partial charge on any atom is 0.333 e. The molecule has 9 heteroatoms. The molecule has 0 saturated heterocycles. The van der Waals surface area contributed by atoms with E-state index in [4.69, 9.17) is 5.73 Å². The van der Waals surface area contributed by atoms with Crippen LogP contribution in [0.4, 0.5) is 0 Å². The highest BCUT2D eigenvalue weighted by Crippen LogP contribution is 2.30. The molecule has 3 unspecified atom stereocenters. The lowest BCUT2D eigenvalue weighted by molar-refractivity contribution is -0.150. The highest BCUT2D eigenvalue weighted by molar-refractivity contribution is 8.15. The summed E-state index contributed by atoms with van der Waals surface area (Å²) in [5.74, 6) is -3.02. The fraction of sp³-hybridized carbons (Fsp3) is 0.895. The van der Waals surface area contributed by atoms with Gasteiger partial charge in [0.2, 0.25) is 5.12 Å². The molecule has 8 nitrogen and oxygen atoms in total. The molecular formula is C38H71NO7S. The van der Waals surface area contributed by atoms with Crippen LogP contribution < -0.4 is 5.73 Å². The number of carboxylic acids is 1. The first kappa shape index (κ1) is 45.7. The number of aliphatic carboxylic acids is 1. The Balaban J connectivity index is 4.72. The van der Waals surface area contributed by atoms with Crippen LogP contribution in [-0.2, 0) is 19.2 Å². The zero-order valence-electron chi connectivity index (χ0n) is 30.1. The van der Waals surface area contributed by atoms with E-state index in [1.165, 1.54) is 103 Å². The summed E-state index contributed by atoms with van der Waals surface area (Å²) >= 11 is 0.271. The molecule has 0 heterocycles. The van der Waals surface area contributed by atoms with Crippen molar-refractivity contribution in [2.45, 2.75) is 211 Å². The number of ketones is 2. The van der Waals surface area contributed by atoms with Crippen LogP contribution in [0.25, 0.3) is 0 Å². The molecule has 0 aliphatic rings. The normalized spacial score (nSPS) is 14.1. The summed E-state index contributed by atoms with van der Waals surface area (Å²) in [4.78, 5) is 51.5. The third-order valence-electron chi connectivity index (χ3n) is 9.23. The molecule has 0 aromatic heterocycles. The Morgan fingerprint density at radius 3 is 1.21 bits per heavy atom. The summed E-state index contributed by atoms with van der Waals surface area (Å²) < 4.78 is 0. The first-order valence-electron chi connectivity index (χ1n) is 19.2. The molecule has 0 fully saturated rings. The van der Waals surface area contributed by atoms with Gasteiger partial charge in [0.1, 0.15) is 17.1 Å². The molecule has 47 heavy (non-hydrogen) atoms. The molecule has 276 valence electrons. The quantitative estimate of drug-likeness (QED) is 0.0378. The summed E-state index contributed by atoms with van der Waals surface area (Å²) in [5, 5.41) is 26.5. The predicted molar refractivity (Wildman–Crippen MR) is 195 cm³/mol. The predicted octanol–water partition coefficient (Wildman–Crippen LogP) is 8.85. The van der Waals surface area contributed by atoms with Gasteiger partial charge in [-0.1, -0.05) is 180 Å². The molecule has 0 aliphatic heterocycles. The summed E-state index contributed by atoms with van der Waals surface area (Å²) in [6.45, 7) is 3.58. The fourth-order valence-electron chi connectivity index (χ4n) is 6.02. The van der Waals surface area contributed by atoms with Crippen LogP contribution in [0, 0.1) is 0 Å². The SMILES string of the molecule is CCCCCCCCCCCCCCCC(=O)C(SC(=O)C(O)CO)C(N)(C(=O)O)C(=O)CCCCCCCCCCCCCCC. The minimum Gasteiger partial charge on any atom is -0.479 e. The standard InChI is InChI=1S/C38H71NO7S/c1-3-5-7-9-11-13-15-17-19-21-23-25-27-29-32(41)35(47-36(44)33(42)31-40)38(39,37(45)46)34(43)30-28-26-24-22-20-18-16-14-12-10-8-6-4-2/h33,35,40,42H,3-31,39H2,1-2H3,(H,45,46). The van der Waals surface area contributed by atoms with Crippen LogP contribution in [0.5, 0.6) is 0 Å². The summed E-state index contributed by atoms with van der Waals surface area (Å²) in [7, 11) is 0. The highest BCUT2D eigenvalue weighted by Gasteiger charge is 2.53. The zero-order chi connectivity index (χ0) is 35.2. The summed E-state index contributed by atoms with van der Waals surface area (Å²) in [6.07, 6.45) is 27.4. The second-order valence-corrected chi connectivity index (χ2v) is 14.7. The molecule has 0 saturated carbocycles. The number of unbranched alkanes of at least 4 members (excludes halogenated alkanes) is 24. The van der Waals surface area contributed by atoms with Crippen molar-refractivity contribution in [2.75, 3.05) is 6.61 Å². The highest BCUT2D eigenvalue weighted by atomic mass is 32.2. The van der Waals surface area contributed by atoms with Crippen LogP contribution >= 0.6 is 11.8 Å². The summed E-state index contributed by atoms with van der Waals surface area (Å²) in [5.41, 5.74) is 3.64. The third-order valence-corrected chi connectivity index (χ3v) is 10.6. The second kappa shape index (κ2) is 30.7. The number of thioether (sulfide) groups is 1. The van der Waals surface area contributed by atoms with Crippen LogP contribution in [0.2, 0.25) is 0 Å². The molecule has 0 aromatic rings. The third kappa shape index (κ3) is 22.1. The van der Waals surface area contributed by atoms with Crippen LogP contribution in [0.3, 0.4) is 0 Å². The van der Waals surface area contributed by atoms with Gasteiger partial charge in [-0.3, -0.25) is 14.4 Å². The van der Waals surface area contributed by atoms with Gasteiger partial charge in [0, 0.05) is 12.8 Å². The van der Waals surface area contributed by atoms with Crippen LogP contribution in [0.15, 0.2) is 0 Å². The number of aliphatic hydroxyl groups is 2. The van der Waals surface area contributed by atoms with Gasteiger partial charge < -0.3 is 21.1 Å². The fourth-order valence-corrected chi connectivity index (χ4v) is 7.15. The van der Waals surface area contributed by atoms with Crippen molar-refractivity contribution < 1.29 is 34.5 Å². The van der Waals surface area contributed by atoms with E-state index >= 15 is 0 Å². The van der Waals surface area contributed by atoms with Crippen LogP contribution in [0.1, 0.15) is 194 Å². The number of hydrogen-bond acceptors (Lipinski definition) is 8. The average Bonchev–Trinajstić information content (AvgIpc) is 3.06. The minimum absolute atomic E-state index is 0.00379. The van der Waals surface area contributed by atoms with Crippen molar-refractivity contribution >= 4 is 34.4 Å². The Labute approximate surface area is 291 Å². The molecule has 0 bridgehead atoms. The Bertz CT molecular complexity index is 824. The van der Waals surface area contributed by atoms with E-state index in [0.717, 1.165) is 51.4 Å². The lowest BCUT2D eigenvalue weighted by Crippen LogP contribution is -2.64. The van der Waals surface area contributed by atoms with Crippen molar-refractivity contribution in [3.05, 3.63) is 0 Å². The monoisotopic (exact) mass is 685 g/mol.